The Balaban J connectivity index is 1.34. The highest BCUT2D eigenvalue weighted by Crippen LogP contribution is 2.63. The molecule has 2 aromatic rings. The van der Waals surface area contributed by atoms with Gasteiger partial charge >= 0.3 is 0 Å². The van der Waals surface area contributed by atoms with Crippen LogP contribution in [0, 0.1) is 24.2 Å². The molecule has 1 aromatic carbocycles. The summed E-state index contributed by atoms with van der Waals surface area (Å²) in [5.41, 5.74) is 4.35. The zero-order valence-corrected chi connectivity index (χ0v) is 18.0. The van der Waals surface area contributed by atoms with E-state index in [1.807, 2.05) is 12.1 Å². The summed E-state index contributed by atoms with van der Waals surface area (Å²) >= 11 is 6.58. The van der Waals surface area contributed by atoms with Crippen LogP contribution in [0.25, 0.3) is 11.3 Å². The topological polar surface area (TPSA) is 35.3 Å². The molecule has 6 rings (SSSR count). The molecule has 0 amide bonds. The smallest absolute Gasteiger partial charge is 0.145 e. The van der Waals surface area contributed by atoms with Gasteiger partial charge in [-0.1, -0.05) is 48.0 Å². The van der Waals surface area contributed by atoms with E-state index in [1.165, 1.54) is 25.7 Å². The van der Waals surface area contributed by atoms with Gasteiger partial charge in [0.1, 0.15) is 11.5 Å². The second-order valence-corrected chi connectivity index (χ2v) is 10.5. The maximum Gasteiger partial charge on any atom is 0.145 e. The molecule has 4 aliphatic carbocycles. The number of hydrogen-bond donors (Lipinski definition) is 0. The number of ether oxygens (including phenoxy) is 1. The molecule has 1 heterocycles. The Hall–Kier alpha value is -1.58. The monoisotopic (exact) mass is 409 g/mol. The van der Waals surface area contributed by atoms with E-state index in [0.29, 0.717) is 17.9 Å². The number of hydrogen-bond acceptors (Lipinski definition) is 3. The third-order valence-corrected chi connectivity index (χ3v) is 8.36. The van der Waals surface area contributed by atoms with Gasteiger partial charge in [-0.2, -0.15) is 0 Å². The van der Waals surface area contributed by atoms with Crippen molar-refractivity contribution in [3.8, 4) is 11.3 Å². The fraction of sp³-hybridized carbons (Fsp3) is 0.560. The first kappa shape index (κ1) is 18.2. The zero-order chi connectivity index (χ0) is 19.8. The van der Waals surface area contributed by atoms with Crippen LogP contribution in [0.1, 0.15) is 68.3 Å². The quantitative estimate of drug-likeness (QED) is 0.507. The lowest BCUT2D eigenvalue weighted by Crippen LogP contribution is -2.37. The number of allylic oxidation sites excluding steroid dienone is 1. The Morgan fingerprint density at radius 1 is 1.24 bits per heavy atom. The molecule has 4 aliphatic rings. The molecule has 1 spiro atoms. The number of rotatable bonds is 5. The van der Waals surface area contributed by atoms with Gasteiger partial charge in [0, 0.05) is 17.0 Å². The van der Waals surface area contributed by atoms with E-state index >= 15 is 0 Å². The van der Waals surface area contributed by atoms with Crippen LogP contribution in [0.5, 0.6) is 0 Å². The maximum absolute atomic E-state index is 6.76. The molecule has 0 radical (unpaired) electrons. The van der Waals surface area contributed by atoms with Crippen molar-refractivity contribution in [2.45, 2.75) is 70.5 Å². The lowest BCUT2D eigenvalue weighted by Gasteiger charge is -2.39. The second-order valence-electron chi connectivity index (χ2n) is 10.1. The normalized spacial score (nSPS) is 34.9. The summed E-state index contributed by atoms with van der Waals surface area (Å²) < 4.78 is 12.6. The second kappa shape index (κ2) is 6.21. The van der Waals surface area contributed by atoms with Crippen molar-refractivity contribution < 1.29 is 9.26 Å². The molecule has 3 saturated carbocycles. The largest absolute Gasteiger partial charge is 0.366 e. The van der Waals surface area contributed by atoms with E-state index in [0.717, 1.165) is 57.8 Å². The molecule has 0 saturated heterocycles. The van der Waals surface area contributed by atoms with Crippen molar-refractivity contribution in [3.63, 3.8) is 0 Å². The summed E-state index contributed by atoms with van der Waals surface area (Å²) in [7, 11) is 0. The van der Waals surface area contributed by atoms with Gasteiger partial charge in [0.2, 0.25) is 0 Å². The lowest BCUT2D eigenvalue weighted by atomic mass is 9.71. The molecular weight excluding hydrogens is 382 g/mol. The number of aromatic nitrogens is 1. The van der Waals surface area contributed by atoms with Crippen molar-refractivity contribution in [2.75, 3.05) is 0 Å². The molecule has 3 bridgehead atoms. The molecule has 0 N–H and O–H groups in total. The number of nitrogens with zero attached hydrogens (tertiary/aromatic N) is 1. The number of halogens is 1. The minimum Gasteiger partial charge on any atom is -0.366 e. The van der Waals surface area contributed by atoms with E-state index in [1.54, 1.807) is 0 Å². The molecular formula is C25H28ClNO2. The van der Waals surface area contributed by atoms with Gasteiger partial charge in [-0.3, -0.25) is 0 Å². The first-order valence-corrected chi connectivity index (χ1v) is 11.4. The summed E-state index contributed by atoms with van der Waals surface area (Å²) in [4.78, 5) is 0. The number of aryl methyl sites for hydroxylation is 1. The molecule has 4 atom stereocenters. The van der Waals surface area contributed by atoms with E-state index in [2.05, 4.69) is 37.2 Å². The summed E-state index contributed by atoms with van der Waals surface area (Å²) in [6.45, 7) is 5.06. The van der Waals surface area contributed by atoms with Gasteiger partial charge in [0.25, 0.3) is 0 Å². The van der Waals surface area contributed by atoms with Crippen molar-refractivity contribution in [2.24, 2.45) is 17.3 Å². The van der Waals surface area contributed by atoms with Crippen LogP contribution in [0.15, 0.2) is 34.9 Å². The number of benzene rings is 1. The highest BCUT2D eigenvalue weighted by molar-refractivity contribution is 6.33. The average Bonchev–Trinajstić information content (AvgIpc) is 3.32. The predicted molar refractivity (Wildman–Crippen MR) is 114 cm³/mol. The first-order valence-electron chi connectivity index (χ1n) is 11.1. The fourth-order valence-electron chi connectivity index (χ4n) is 6.44. The fourth-order valence-corrected chi connectivity index (χ4v) is 6.75. The lowest BCUT2D eigenvalue weighted by molar-refractivity contribution is -0.0632. The highest BCUT2D eigenvalue weighted by Gasteiger charge is 2.57. The van der Waals surface area contributed by atoms with Crippen LogP contribution >= 0.6 is 11.6 Å². The molecule has 4 heteroatoms. The first-order chi connectivity index (χ1) is 14.0. The Morgan fingerprint density at radius 3 is 2.90 bits per heavy atom. The molecule has 3 nitrogen and oxygen atoms in total. The van der Waals surface area contributed by atoms with Gasteiger partial charge in [0.05, 0.1) is 17.2 Å². The van der Waals surface area contributed by atoms with Crippen LogP contribution in [-0.4, -0.2) is 10.8 Å². The number of fused-ring (bicyclic) bond motifs is 2. The zero-order valence-electron chi connectivity index (χ0n) is 17.2. The summed E-state index contributed by atoms with van der Waals surface area (Å²) in [5.74, 6) is 3.07. The van der Waals surface area contributed by atoms with Crippen LogP contribution in [-0.2, 0) is 11.3 Å². The molecule has 3 fully saturated rings. The van der Waals surface area contributed by atoms with Gasteiger partial charge in [-0.25, -0.2) is 0 Å². The van der Waals surface area contributed by atoms with E-state index in [4.69, 9.17) is 20.9 Å². The third-order valence-electron chi connectivity index (χ3n) is 8.05. The minimum absolute atomic E-state index is 0.113. The maximum atomic E-state index is 6.76. The predicted octanol–water partition coefficient (Wildman–Crippen LogP) is 6.83. The summed E-state index contributed by atoms with van der Waals surface area (Å²) in [5, 5.41) is 5.21. The van der Waals surface area contributed by atoms with Crippen LogP contribution < -0.4 is 0 Å². The van der Waals surface area contributed by atoms with E-state index in [-0.39, 0.29) is 5.60 Å². The van der Waals surface area contributed by atoms with Crippen molar-refractivity contribution in [1.82, 2.24) is 5.16 Å². The van der Waals surface area contributed by atoms with Crippen molar-refractivity contribution in [3.05, 3.63) is 52.3 Å². The Bertz CT molecular complexity index is 986. The van der Waals surface area contributed by atoms with Crippen molar-refractivity contribution in [1.29, 1.82) is 0 Å². The Kier molecular flexibility index (Phi) is 3.90. The van der Waals surface area contributed by atoms with E-state index in [9.17, 15) is 0 Å². The summed E-state index contributed by atoms with van der Waals surface area (Å²) in [6, 6.07) is 6.00. The van der Waals surface area contributed by atoms with Gasteiger partial charge in [-0.15, -0.1) is 0 Å². The standard InChI is InChI=1S/C25H28ClNO2/c1-15-4-3-5-20(26)21(15)22-19(23(29-27-22)18-6-7-18)13-28-25-9-8-24(14-25)11-17(12-25)10-16(24)2/h3-5,8-9,16-18H,6-7,10-14H2,1-2H3/t16-,17?,24-,25+/m1/s1. The van der Waals surface area contributed by atoms with Crippen molar-refractivity contribution >= 4 is 11.6 Å². The molecule has 29 heavy (non-hydrogen) atoms. The molecule has 1 unspecified atom stereocenters. The van der Waals surface area contributed by atoms with Gasteiger partial charge in [-0.05, 0) is 74.3 Å². The van der Waals surface area contributed by atoms with Crippen LogP contribution in [0.4, 0.5) is 0 Å². The SMILES string of the molecule is Cc1cccc(Cl)c1-c1noc(C2CC2)c1CO[C@@]12C=C[C@@]3(CC(C[C@H]3C)C1)C2. The van der Waals surface area contributed by atoms with Crippen LogP contribution in [0.2, 0.25) is 5.02 Å². The van der Waals surface area contributed by atoms with E-state index < -0.39 is 0 Å². The molecule has 0 aliphatic heterocycles. The molecule has 1 aromatic heterocycles. The van der Waals surface area contributed by atoms with Gasteiger partial charge in [0.15, 0.2) is 0 Å². The minimum atomic E-state index is -0.113. The highest BCUT2D eigenvalue weighted by atomic mass is 35.5. The van der Waals surface area contributed by atoms with Crippen LogP contribution in [0.3, 0.4) is 0 Å². The Labute approximate surface area is 177 Å². The van der Waals surface area contributed by atoms with Gasteiger partial charge < -0.3 is 9.26 Å². The Morgan fingerprint density at radius 2 is 2.10 bits per heavy atom. The summed E-state index contributed by atoms with van der Waals surface area (Å²) in [6.07, 6.45) is 12.2. The molecule has 152 valence electrons. The third kappa shape index (κ3) is 2.77. The average molecular weight is 410 g/mol.